The van der Waals surface area contributed by atoms with Crippen molar-refractivity contribution >= 4 is 29.1 Å². The maximum Gasteiger partial charge on any atom is 0.246 e. The van der Waals surface area contributed by atoms with Crippen LogP contribution in [0.1, 0.15) is 12.0 Å². The van der Waals surface area contributed by atoms with Crippen molar-refractivity contribution in [3.63, 3.8) is 0 Å². The Labute approximate surface area is 115 Å². The van der Waals surface area contributed by atoms with E-state index in [1.165, 1.54) is 0 Å². The molecule has 2 N–H and O–H groups in total. The first-order valence-electron chi connectivity index (χ1n) is 5.43. The molecule has 0 aromatic heterocycles. The van der Waals surface area contributed by atoms with Gasteiger partial charge in [-0.2, -0.15) is 0 Å². The zero-order valence-corrected chi connectivity index (χ0v) is 11.1. The minimum absolute atomic E-state index is 0.397. The summed E-state index contributed by atoms with van der Waals surface area (Å²) in [6.07, 6.45) is 6.11. The van der Waals surface area contributed by atoms with Crippen molar-refractivity contribution in [3.05, 3.63) is 57.9 Å². The lowest BCUT2D eigenvalue weighted by atomic mass is 10.1. The maximum absolute atomic E-state index is 11.1. The third kappa shape index (κ3) is 3.06. The van der Waals surface area contributed by atoms with Gasteiger partial charge in [-0.3, -0.25) is 4.79 Å². The Morgan fingerprint density at radius 2 is 2.17 bits per heavy atom. The number of amides is 1. The number of allylic oxidation sites excluding steroid dienone is 1. The van der Waals surface area contributed by atoms with Crippen molar-refractivity contribution < 1.29 is 4.79 Å². The van der Waals surface area contributed by atoms with E-state index in [4.69, 9.17) is 28.9 Å². The number of primary amides is 1. The number of hydrogen-bond acceptors (Lipinski definition) is 2. The summed E-state index contributed by atoms with van der Waals surface area (Å²) in [5.41, 5.74) is 6.78. The Bertz CT molecular complexity index is 538. The van der Waals surface area contributed by atoms with E-state index in [2.05, 4.69) is 0 Å². The number of carbonyl (C=O) groups excluding carboxylic acids is 1. The molecule has 1 heterocycles. The van der Waals surface area contributed by atoms with E-state index in [1.807, 2.05) is 23.2 Å². The van der Waals surface area contributed by atoms with Crippen LogP contribution in [0, 0.1) is 0 Å². The van der Waals surface area contributed by atoms with Crippen LogP contribution in [0.3, 0.4) is 0 Å². The normalized spacial score (nSPS) is 14.6. The monoisotopic (exact) mass is 282 g/mol. The molecular weight excluding hydrogens is 271 g/mol. The van der Waals surface area contributed by atoms with Crippen LogP contribution in [0.4, 0.5) is 0 Å². The van der Waals surface area contributed by atoms with Crippen LogP contribution < -0.4 is 5.73 Å². The van der Waals surface area contributed by atoms with E-state index < -0.39 is 5.91 Å². The fourth-order valence-corrected chi connectivity index (χ4v) is 2.19. The average Bonchev–Trinajstić information content (AvgIpc) is 2.33. The van der Waals surface area contributed by atoms with Gasteiger partial charge < -0.3 is 10.6 Å². The maximum atomic E-state index is 11.1. The lowest BCUT2D eigenvalue weighted by Gasteiger charge is -2.21. The van der Waals surface area contributed by atoms with Crippen LogP contribution in [-0.4, -0.2) is 10.8 Å². The van der Waals surface area contributed by atoms with E-state index in [-0.39, 0.29) is 0 Å². The highest BCUT2D eigenvalue weighted by Gasteiger charge is 2.11. The van der Waals surface area contributed by atoms with Gasteiger partial charge in [0.25, 0.3) is 0 Å². The number of nitrogens with two attached hydrogens (primary N) is 1. The molecule has 0 aliphatic carbocycles. The van der Waals surface area contributed by atoms with Crippen molar-refractivity contribution in [3.8, 4) is 0 Å². The Balaban J connectivity index is 2.16. The van der Waals surface area contributed by atoms with Gasteiger partial charge in [0.05, 0.1) is 0 Å². The highest BCUT2D eigenvalue weighted by molar-refractivity contribution is 6.35. The molecule has 0 spiro atoms. The van der Waals surface area contributed by atoms with Gasteiger partial charge in [-0.25, -0.2) is 0 Å². The molecule has 0 bridgehead atoms. The van der Waals surface area contributed by atoms with Gasteiger partial charge >= 0.3 is 0 Å². The molecule has 0 radical (unpaired) electrons. The Morgan fingerprint density at radius 1 is 1.39 bits per heavy atom. The van der Waals surface area contributed by atoms with Crippen molar-refractivity contribution in [2.75, 3.05) is 0 Å². The lowest BCUT2D eigenvalue weighted by Crippen LogP contribution is -2.20. The summed E-state index contributed by atoms with van der Waals surface area (Å²) in [6, 6.07) is 5.35. The molecule has 5 heteroatoms. The summed E-state index contributed by atoms with van der Waals surface area (Å²) in [5.74, 6) is -0.397. The molecule has 1 aliphatic heterocycles. The van der Waals surface area contributed by atoms with E-state index in [0.717, 1.165) is 5.56 Å². The van der Waals surface area contributed by atoms with Gasteiger partial charge in [0.2, 0.25) is 5.91 Å². The molecule has 1 amide bonds. The standard InChI is InChI=1S/C13H12Cl2N2O/c14-11-4-3-9(12(15)6-11)7-17-5-1-2-10(8-17)13(16)18/h1,3-6,8H,2,7H2,(H2,16,18). The molecule has 0 atom stereocenters. The SMILES string of the molecule is NC(=O)C1=CN(Cc2ccc(Cl)cc2Cl)C=CC1. The summed E-state index contributed by atoms with van der Waals surface area (Å²) in [7, 11) is 0. The molecule has 1 aromatic rings. The summed E-state index contributed by atoms with van der Waals surface area (Å²) in [5, 5.41) is 1.21. The number of nitrogens with zero attached hydrogens (tertiary/aromatic N) is 1. The molecule has 1 aromatic carbocycles. The largest absolute Gasteiger partial charge is 0.366 e. The van der Waals surface area contributed by atoms with Crippen molar-refractivity contribution in [1.29, 1.82) is 0 Å². The lowest BCUT2D eigenvalue weighted by molar-refractivity contribution is -0.114. The van der Waals surface area contributed by atoms with Crippen LogP contribution in [0.15, 0.2) is 42.2 Å². The van der Waals surface area contributed by atoms with Gasteiger partial charge in [-0.05, 0) is 24.1 Å². The third-order valence-corrected chi connectivity index (χ3v) is 3.23. The number of benzene rings is 1. The summed E-state index contributed by atoms with van der Waals surface area (Å²) >= 11 is 11.9. The molecule has 18 heavy (non-hydrogen) atoms. The smallest absolute Gasteiger partial charge is 0.246 e. The molecule has 2 rings (SSSR count). The molecule has 94 valence electrons. The fraction of sp³-hybridized carbons (Fsp3) is 0.154. The molecule has 1 aliphatic rings. The Kier molecular flexibility index (Phi) is 3.94. The molecule has 0 saturated heterocycles. The minimum Gasteiger partial charge on any atom is -0.366 e. The van der Waals surface area contributed by atoms with Gasteiger partial charge in [0.15, 0.2) is 0 Å². The number of carbonyl (C=O) groups is 1. The van der Waals surface area contributed by atoms with Gasteiger partial charge in [-0.15, -0.1) is 0 Å². The predicted molar refractivity (Wildman–Crippen MR) is 73.0 cm³/mol. The Hall–Kier alpha value is -1.45. The number of hydrogen-bond donors (Lipinski definition) is 1. The van der Waals surface area contributed by atoms with Crippen molar-refractivity contribution in [1.82, 2.24) is 4.90 Å². The fourth-order valence-electron chi connectivity index (χ4n) is 1.72. The molecular formula is C13H12Cl2N2O. The zero-order valence-electron chi connectivity index (χ0n) is 9.57. The van der Waals surface area contributed by atoms with E-state index in [9.17, 15) is 4.79 Å². The summed E-state index contributed by atoms with van der Waals surface area (Å²) in [4.78, 5) is 13.0. The van der Waals surface area contributed by atoms with Crippen LogP contribution in [0.25, 0.3) is 0 Å². The molecule has 0 unspecified atom stereocenters. The van der Waals surface area contributed by atoms with Crippen LogP contribution in [0.2, 0.25) is 10.0 Å². The second-order valence-corrected chi connectivity index (χ2v) is 4.86. The summed E-state index contributed by atoms with van der Waals surface area (Å²) < 4.78 is 0. The predicted octanol–water partition coefficient (Wildman–Crippen LogP) is 3.08. The van der Waals surface area contributed by atoms with E-state index in [0.29, 0.717) is 28.6 Å². The number of halogens is 2. The first-order valence-corrected chi connectivity index (χ1v) is 6.18. The van der Waals surface area contributed by atoms with Gasteiger partial charge in [0, 0.05) is 34.6 Å². The highest BCUT2D eigenvalue weighted by Crippen LogP contribution is 2.23. The zero-order chi connectivity index (χ0) is 13.1. The van der Waals surface area contributed by atoms with Crippen molar-refractivity contribution in [2.45, 2.75) is 13.0 Å². The third-order valence-electron chi connectivity index (χ3n) is 2.64. The topological polar surface area (TPSA) is 46.3 Å². The van der Waals surface area contributed by atoms with Crippen LogP contribution >= 0.6 is 23.2 Å². The quantitative estimate of drug-likeness (QED) is 0.926. The Morgan fingerprint density at radius 3 is 2.83 bits per heavy atom. The minimum atomic E-state index is -0.397. The van der Waals surface area contributed by atoms with E-state index >= 15 is 0 Å². The first kappa shape index (κ1) is 13.0. The number of rotatable bonds is 3. The van der Waals surface area contributed by atoms with Crippen molar-refractivity contribution in [2.24, 2.45) is 5.73 Å². The first-order chi connectivity index (χ1) is 8.56. The second-order valence-electron chi connectivity index (χ2n) is 4.02. The molecule has 0 fully saturated rings. The van der Waals surface area contributed by atoms with Crippen LogP contribution in [0.5, 0.6) is 0 Å². The average molecular weight is 283 g/mol. The molecule has 0 saturated carbocycles. The van der Waals surface area contributed by atoms with E-state index in [1.54, 1.807) is 18.3 Å². The second kappa shape index (κ2) is 5.46. The molecule has 3 nitrogen and oxygen atoms in total. The summed E-state index contributed by atoms with van der Waals surface area (Å²) in [6.45, 7) is 0.573. The van der Waals surface area contributed by atoms with Gasteiger partial charge in [0.1, 0.15) is 0 Å². The highest BCUT2D eigenvalue weighted by atomic mass is 35.5. The van der Waals surface area contributed by atoms with Crippen LogP contribution in [-0.2, 0) is 11.3 Å². The van der Waals surface area contributed by atoms with Gasteiger partial charge in [-0.1, -0.05) is 35.3 Å².